The lowest BCUT2D eigenvalue weighted by Gasteiger charge is -2.38. The summed E-state index contributed by atoms with van der Waals surface area (Å²) in [5.74, 6) is -0.966. The van der Waals surface area contributed by atoms with Crippen LogP contribution in [0.4, 0.5) is 8.78 Å². The van der Waals surface area contributed by atoms with Crippen molar-refractivity contribution in [2.45, 2.75) is 31.1 Å². The largest absolute Gasteiger partial charge is 0.207 e. The van der Waals surface area contributed by atoms with Crippen LogP contribution in [0.5, 0.6) is 0 Å². The maximum Gasteiger partial charge on any atom is 0.129 e. The van der Waals surface area contributed by atoms with Gasteiger partial charge in [0.2, 0.25) is 0 Å². The number of fused-ring (bicyclic) bond motifs is 1. The number of benzene rings is 2. The summed E-state index contributed by atoms with van der Waals surface area (Å²) in [5.41, 5.74) is 3.14. The first kappa shape index (κ1) is 14.7. The summed E-state index contributed by atoms with van der Waals surface area (Å²) < 4.78 is 27.1. The Kier molecular flexibility index (Phi) is 4.12. The monoisotopic (exact) mass is 350 g/mol. The Morgan fingerprint density at radius 1 is 1.10 bits per heavy atom. The first-order valence-electron chi connectivity index (χ1n) is 7.23. The van der Waals surface area contributed by atoms with Crippen molar-refractivity contribution in [1.82, 2.24) is 0 Å². The van der Waals surface area contributed by atoms with E-state index < -0.39 is 11.6 Å². The minimum Gasteiger partial charge on any atom is -0.207 e. The second-order valence-electron chi connectivity index (χ2n) is 5.84. The third kappa shape index (κ3) is 2.76. The lowest BCUT2D eigenvalue weighted by Crippen LogP contribution is -2.35. The molecule has 0 nitrogen and oxygen atoms in total. The molecule has 0 radical (unpaired) electrons. The lowest BCUT2D eigenvalue weighted by molar-refractivity contribution is 0.394. The van der Waals surface area contributed by atoms with Crippen molar-refractivity contribution in [2.75, 3.05) is 5.33 Å². The third-order valence-corrected chi connectivity index (χ3v) is 5.56. The van der Waals surface area contributed by atoms with Crippen molar-refractivity contribution < 1.29 is 8.78 Å². The Morgan fingerprint density at radius 3 is 2.67 bits per heavy atom. The summed E-state index contributed by atoms with van der Waals surface area (Å²) >= 11 is 3.64. The van der Waals surface area contributed by atoms with Crippen molar-refractivity contribution in [3.63, 3.8) is 0 Å². The van der Waals surface area contributed by atoms with Gasteiger partial charge in [-0.15, -0.1) is 0 Å². The van der Waals surface area contributed by atoms with Crippen molar-refractivity contribution >= 4 is 15.9 Å². The Bertz CT molecular complexity index is 653. The maximum atomic E-state index is 14.0. The molecule has 0 aromatic heterocycles. The van der Waals surface area contributed by atoms with Gasteiger partial charge in [0.25, 0.3) is 0 Å². The van der Waals surface area contributed by atoms with Crippen molar-refractivity contribution in [2.24, 2.45) is 0 Å². The van der Waals surface area contributed by atoms with Gasteiger partial charge in [0, 0.05) is 16.8 Å². The molecular formula is C18H17BrF2. The molecule has 0 saturated heterocycles. The molecule has 1 unspecified atom stereocenters. The van der Waals surface area contributed by atoms with Gasteiger partial charge in [-0.1, -0.05) is 46.3 Å². The average Bonchev–Trinajstić information content (AvgIpc) is 2.50. The highest BCUT2D eigenvalue weighted by atomic mass is 79.9. The Balaban J connectivity index is 2.02. The van der Waals surface area contributed by atoms with Gasteiger partial charge in [-0.05, 0) is 48.4 Å². The first-order chi connectivity index (χ1) is 10.1. The minimum absolute atomic E-state index is 0.104. The third-order valence-electron chi connectivity index (χ3n) is 4.49. The Morgan fingerprint density at radius 2 is 1.90 bits per heavy atom. The van der Waals surface area contributed by atoms with Crippen LogP contribution in [0.2, 0.25) is 0 Å². The molecule has 0 aliphatic heterocycles. The van der Waals surface area contributed by atoms with E-state index in [1.165, 1.54) is 17.2 Å². The second-order valence-corrected chi connectivity index (χ2v) is 6.40. The molecule has 21 heavy (non-hydrogen) atoms. The Hall–Kier alpha value is -1.22. The summed E-state index contributed by atoms with van der Waals surface area (Å²) in [7, 11) is 0. The van der Waals surface area contributed by atoms with Gasteiger partial charge in [0.15, 0.2) is 0 Å². The number of hydrogen-bond acceptors (Lipinski definition) is 0. The van der Waals surface area contributed by atoms with Crippen LogP contribution in [0.3, 0.4) is 0 Å². The van der Waals surface area contributed by atoms with E-state index in [-0.39, 0.29) is 5.41 Å². The van der Waals surface area contributed by atoms with Gasteiger partial charge >= 0.3 is 0 Å². The maximum absolute atomic E-state index is 14.0. The molecule has 1 atom stereocenters. The van der Waals surface area contributed by atoms with Crippen LogP contribution in [0.15, 0.2) is 42.5 Å². The standard InChI is InChI=1S/C18H17BrF2/c19-12-18(11-14-7-8-15(20)10-17(14)21)9-3-5-13-4-1-2-6-16(13)18/h1-2,4,6-8,10H,3,5,9,11-12H2. The van der Waals surface area contributed by atoms with Gasteiger partial charge in [-0.2, -0.15) is 0 Å². The van der Waals surface area contributed by atoms with Crippen molar-refractivity contribution in [3.8, 4) is 0 Å². The van der Waals surface area contributed by atoms with E-state index in [2.05, 4.69) is 34.1 Å². The molecule has 110 valence electrons. The van der Waals surface area contributed by atoms with Crippen LogP contribution >= 0.6 is 15.9 Å². The molecule has 3 rings (SSSR count). The smallest absolute Gasteiger partial charge is 0.129 e. The summed E-state index contributed by atoms with van der Waals surface area (Å²) in [6.45, 7) is 0. The molecule has 0 spiro atoms. The van der Waals surface area contributed by atoms with E-state index >= 15 is 0 Å². The molecule has 0 bridgehead atoms. The first-order valence-corrected chi connectivity index (χ1v) is 8.35. The fourth-order valence-electron chi connectivity index (χ4n) is 3.41. The summed E-state index contributed by atoms with van der Waals surface area (Å²) in [6.07, 6.45) is 3.80. The van der Waals surface area contributed by atoms with Gasteiger partial charge in [-0.3, -0.25) is 0 Å². The van der Waals surface area contributed by atoms with Crippen LogP contribution in [0, 0.1) is 11.6 Å². The lowest BCUT2D eigenvalue weighted by atomic mass is 9.68. The van der Waals surface area contributed by atoms with Crippen LogP contribution in [-0.4, -0.2) is 5.33 Å². The normalized spacial score (nSPS) is 21.1. The summed E-state index contributed by atoms with van der Waals surface area (Å²) in [5, 5.41) is 0.786. The summed E-state index contributed by atoms with van der Waals surface area (Å²) in [4.78, 5) is 0. The molecule has 2 aromatic rings. The molecule has 1 aliphatic rings. The topological polar surface area (TPSA) is 0 Å². The number of halogens is 3. The molecule has 2 aromatic carbocycles. The Labute approximate surface area is 132 Å². The molecule has 0 heterocycles. The fourth-order valence-corrected chi connectivity index (χ4v) is 4.19. The SMILES string of the molecule is Fc1ccc(CC2(CBr)CCCc3ccccc32)c(F)c1. The van der Waals surface area contributed by atoms with E-state index in [0.29, 0.717) is 12.0 Å². The van der Waals surface area contributed by atoms with Gasteiger partial charge in [-0.25, -0.2) is 8.78 Å². The molecular weight excluding hydrogens is 334 g/mol. The summed E-state index contributed by atoms with van der Waals surface area (Å²) in [6, 6.07) is 12.3. The van der Waals surface area contributed by atoms with E-state index in [1.807, 2.05) is 6.07 Å². The van der Waals surface area contributed by atoms with E-state index in [9.17, 15) is 8.78 Å². The highest BCUT2D eigenvalue weighted by Crippen LogP contribution is 2.41. The predicted octanol–water partition coefficient (Wildman–Crippen LogP) is 5.18. The van der Waals surface area contributed by atoms with E-state index in [0.717, 1.165) is 30.7 Å². The van der Waals surface area contributed by atoms with Crippen molar-refractivity contribution in [1.29, 1.82) is 0 Å². The van der Waals surface area contributed by atoms with Crippen molar-refractivity contribution in [3.05, 3.63) is 70.8 Å². The minimum atomic E-state index is -0.520. The molecule has 3 heteroatoms. The highest BCUT2D eigenvalue weighted by molar-refractivity contribution is 9.09. The van der Waals surface area contributed by atoms with Crippen LogP contribution in [0.1, 0.15) is 29.5 Å². The molecule has 1 aliphatic carbocycles. The molecule has 0 fully saturated rings. The number of aryl methyl sites for hydroxylation is 1. The van der Waals surface area contributed by atoms with Gasteiger partial charge < -0.3 is 0 Å². The zero-order valence-corrected chi connectivity index (χ0v) is 13.3. The number of hydrogen-bond donors (Lipinski definition) is 0. The second kappa shape index (κ2) is 5.88. The van der Waals surface area contributed by atoms with E-state index in [4.69, 9.17) is 0 Å². The van der Waals surface area contributed by atoms with Gasteiger partial charge in [0.1, 0.15) is 11.6 Å². The fraction of sp³-hybridized carbons (Fsp3) is 0.333. The molecule has 0 N–H and O–H groups in total. The van der Waals surface area contributed by atoms with E-state index in [1.54, 1.807) is 6.07 Å². The molecule has 0 amide bonds. The molecule has 0 saturated carbocycles. The van der Waals surface area contributed by atoms with Gasteiger partial charge in [0.05, 0.1) is 0 Å². The van der Waals surface area contributed by atoms with Crippen LogP contribution in [-0.2, 0) is 18.3 Å². The predicted molar refractivity (Wildman–Crippen MR) is 84.9 cm³/mol. The number of rotatable bonds is 3. The highest BCUT2D eigenvalue weighted by Gasteiger charge is 2.36. The quantitative estimate of drug-likeness (QED) is 0.669. The van der Waals surface area contributed by atoms with Crippen LogP contribution in [0.25, 0.3) is 0 Å². The zero-order valence-electron chi connectivity index (χ0n) is 11.7. The van der Waals surface area contributed by atoms with Crippen LogP contribution < -0.4 is 0 Å². The zero-order chi connectivity index (χ0) is 14.9. The average molecular weight is 351 g/mol. The number of alkyl halides is 1.